The first kappa shape index (κ1) is 44.6. The normalized spacial score (nSPS) is 12.8. The van der Waals surface area contributed by atoms with E-state index in [9.17, 15) is 29.4 Å². The lowest BCUT2D eigenvalue weighted by molar-refractivity contribution is 0.0503. The number of rotatable bonds is 15. The van der Waals surface area contributed by atoms with Gasteiger partial charge in [-0.3, -0.25) is 9.59 Å². The van der Waals surface area contributed by atoms with Gasteiger partial charge in [0.05, 0.1) is 11.4 Å². The lowest BCUT2D eigenvalue weighted by atomic mass is 10.0. The summed E-state index contributed by atoms with van der Waals surface area (Å²) in [4.78, 5) is 58.2. The summed E-state index contributed by atoms with van der Waals surface area (Å²) >= 11 is 0. The zero-order valence-electron chi connectivity index (χ0n) is 35.7. The lowest BCUT2D eigenvalue weighted by Gasteiger charge is -2.37. The number of carboxylic acid groups (broad SMARTS) is 1. The maximum Gasteiger partial charge on any atom is 0.434 e. The second kappa shape index (κ2) is 21.5. The quantitative estimate of drug-likeness (QED) is 0.0588. The first-order chi connectivity index (χ1) is 31.2. The van der Waals surface area contributed by atoms with Gasteiger partial charge in [0, 0.05) is 75.1 Å². The SMILES string of the molecule is CN(CCN1CCC(OC(=O)N(c2ccccc2-c2ccccc2)N(C(=O)O)c2ccccc2-c2ccccc2)CC1)C(=O)c1cccc(C(=O)NCCNCc2ccc(O)cc2)c1. The van der Waals surface area contributed by atoms with Crippen LogP contribution in [0.2, 0.25) is 0 Å². The Bertz CT molecular complexity index is 2510. The topological polar surface area (TPSA) is 155 Å². The highest BCUT2D eigenvalue weighted by atomic mass is 16.6. The Morgan fingerprint density at radius 1 is 0.672 bits per heavy atom. The van der Waals surface area contributed by atoms with Gasteiger partial charge < -0.3 is 35.4 Å². The van der Waals surface area contributed by atoms with Gasteiger partial charge >= 0.3 is 12.2 Å². The molecule has 6 aromatic carbocycles. The third kappa shape index (κ3) is 11.3. The summed E-state index contributed by atoms with van der Waals surface area (Å²) in [6, 6.07) is 46.8. The number of aromatic hydroxyl groups is 1. The number of hydrogen-bond donors (Lipinski definition) is 4. The summed E-state index contributed by atoms with van der Waals surface area (Å²) in [6.07, 6.45) is -1.66. The van der Waals surface area contributed by atoms with Crippen LogP contribution in [0.3, 0.4) is 0 Å². The van der Waals surface area contributed by atoms with Gasteiger partial charge in [-0.25, -0.2) is 9.59 Å². The second-order valence-electron chi connectivity index (χ2n) is 15.5. The molecule has 13 heteroatoms. The van der Waals surface area contributed by atoms with Crippen molar-refractivity contribution in [3.63, 3.8) is 0 Å². The molecule has 0 atom stereocenters. The summed E-state index contributed by atoms with van der Waals surface area (Å²) in [5.41, 5.74) is 5.31. The van der Waals surface area contributed by atoms with Crippen molar-refractivity contribution in [3.05, 3.63) is 174 Å². The van der Waals surface area contributed by atoms with Gasteiger partial charge in [-0.2, -0.15) is 10.0 Å². The van der Waals surface area contributed by atoms with Gasteiger partial charge in [0.2, 0.25) is 0 Å². The number of benzene rings is 6. The number of para-hydroxylation sites is 2. The highest BCUT2D eigenvalue weighted by molar-refractivity contribution is 6.06. The molecule has 1 aliphatic heterocycles. The van der Waals surface area contributed by atoms with E-state index >= 15 is 0 Å². The number of hydrazine groups is 1. The molecular weight excluding hydrogens is 809 g/mol. The molecule has 0 saturated carbocycles. The Kier molecular flexibility index (Phi) is 15.0. The van der Waals surface area contributed by atoms with Crippen molar-refractivity contribution in [2.24, 2.45) is 0 Å². The van der Waals surface area contributed by atoms with E-state index < -0.39 is 18.3 Å². The number of likely N-dealkylation sites (N-methyl/N-ethyl adjacent to an activating group) is 1. The van der Waals surface area contributed by atoms with Gasteiger partial charge in [-0.15, -0.1) is 0 Å². The first-order valence-corrected chi connectivity index (χ1v) is 21.3. The van der Waals surface area contributed by atoms with Crippen LogP contribution in [0.15, 0.2) is 158 Å². The summed E-state index contributed by atoms with van der Waals surface area (Å²) in [7, 11) is 1.73. The van der Waals surface area contributed by atoms with E-state index in [1.807, 2.05) is 97.1 Å². The molecule has 6 aromatic rings. The fraction of sp³-hybridized carbons (Fsp3) is 0.216. The predicted octanol–water partition coefficient (Wildman–Crippen LogP) is 8.53. The molecule has 0 bridgehead atoms. The summed E-state index contributed by atoms with van der Waals surface area (Å²) in [5, 5.41) is 28.6. The number of nitrogens with zero attached hydrogens (tertiary/aromatic N) is 4. The van der Waals surface area contributed by atoms with E-state index in [4.69, 9.17) is 4.74 Å². The van der Waals surface area contributed by atoms with Crippen LogP contribution < -0.4 is 20.7 Å². The molecule has 0 radical (unpaired) electrons. The number of phenolic OH excluding ortho intramolecular Hbond substituents is 1. The van der Waals surface area contributed by atoms with E-state index in [2.05, 4.69) is 15.5 Å². The first-order valence-electron chi connectivity index (χ1n) is 21.3. The molecular formula is C51H52N6O7. The molecule has 328 valence electrons. The van der Waals surface area contributed by atoms with Gasteiger partial charge in [-0.05, 0) is 72.0 Å². The van der Waals surface area contributed by atoms with Crippen molar-refractivity contribution in [1.29, 1.82) is 0 Å². The van der Waals surface area contributed by atoms with Crippen molar-refractivity contribution in [2.45, 2.75) is 25.5 Å². The number of phenols is 1. The van der Waals surface area contributed by atoms with E-state index in [1.54, 1.807) is 72.6 Å². The summed E-state index contributed by atoms with van der Waals surface area (Å²) < 4.78 is 6.20. The van der Waals surface area contributed by atoms with Crippen LogP contribution in [0.25, 0.3) is 22.3 Å². The Balaban J connectivity index is 0.968. The largest absolute Gasteiger partial charge is 0.508 e. The number of nitrogens with one attached hydrogen (secondary N) is 2. The monoisotopic (exact) mass is 860 g/mol. The van der Waals surface area contributed by atoms with Crippen LogP contribution in [0.1, 0.15) is 39.1 Å². The Morgan fingerprint density at radius 2 is 1.23 bits per heavy atom. The molecule has 1 heterocycles. The molecule has 1 saturated heterocycles. The van der Waals surface area contributed by atoms with Crippen molar-refractivity contribution < 1.29 is 34.1 Å². The van der Waals surface area contributed by atoms with Crippen molar-refractivity contribution >= 4 is 35.4 Å². The van der Waals surface area contributed by atoms with E-state index in [-0.39, 0.29) is 23.3 Å². The molecule has 0 unspecified atom stereocenters. The standard InChI is InChI=1S/C51H52N6O7/c1-54(49(60)41-18-12-17-40(35-41)48(59)53-30-29-52-36-37-23-25-42(58)26-24-37)33-34-55-31-27-43(28-32-55)64-51(63)57(47-22-11-9-20-45(47)39-15-6-3-7-16-39)56(50(61)62)46-21-10-8-19-44(46)38-13-4-2-5-14-38/h2-26,35,43,52,58H,27-34,36H2,1H3,(H,53,59)(H,61,62). The fourth-order valence-electron chi connectivity index (χ4n) is 7.69. The minimum atomic E-state index is -1.36. The predicted molar refractivity (Wildman–Crippen MR) is 248 cm³/mol. The third-order valence-corrected chi connectivity index (χ3v) is 11.1. The molecule has 1 fully saturated rings. The van der Waals surface area contributed by atoms with Gasteiger partial charge in [-0.1, -0.05) is 115 Å². The van der Waals surface area contributed by atoms with E-state index in [0.29, 0.717) is 86.6 Å². The number of anilines is 2. The van der Waals surface area contributed by atoms with Crippen LogP contribution in [0.5, 0.6) is 5.75 Å². The fourth-order valence-corrected chi connectivity index (χ4v) is 7.69. The molecule has 0 aliphatic carbocycles. The molecule has 0 spiro atoms. The van der Waals surface area contributed by atoms with Gasteiger partial charge in [0.1, 0.15) is 11.9 Å². The average molecular weight is 861 g/mol. The number of carbonyl (C=O) groups is 4. The molecule has 4 N–H and O–H groups in total. The van der Waals surface area contributed by atoms with Crippen LogP contribution in [-0.2, 0) is 11.3 Å². The zero-order chi connectivity index (χ0) is 44.8. The minimum Gasteiger partial charge on any atom is -0.508 e. The zero-order valence-corrected chi connectivity index (χ0v) is 35.7. The Labute approximate surface area is 373 Å². The molecule has 0 aromatic heterocycles. The van der Waals surface area contributed by atoms with Crippen LogP contribution in [0, 0.1) is 0 Å². The Morgan fingerprint density at radius 3 is 1.84 bits per heavy atom. The Hall–Kier alpha value is -7.48. The highest BCUT2D eigenvalue weighted by Gasteiger charge is 2.36. The molecule has 13 nitrogen and oxygen atoms in total. The number of amides is 4. The molecule has 64 heavy (non-hydrogen) atoms. The minimum absolute atomic E-state index is 0.207. The van der Waals surface area contributed by atoms with E-state index in [1.165, 1.54) is 0 Å². The maximum absolute atomic E-state index is 14.6. The second-order valence-corrected chi connectivity index (χ2v) is 15.5. The molecule has 4 amide bonds. The molecule has 7 rings (SSSR count). The maximum atomic E-state index is 14.6. The van der Waals surface area contributed by atoms with Crippen molar-refractivity contribution in [3.8, 4) is 28.0 Å². The van der Waals surface area contributed by atoms with Crippen molar-refractivity contribution in [2.75, 3.05) is 56.3 Å². The number of piperidine rings is 1. The lowest BCUT2D eigenvalue weighted by Crippen LogP contribution is -2.52. The van der Waals surface area contributed by atoms with Gasteiger partial charge in [0.25, 0.3) is 11.8 Å². The average Bonchev–Trinajstić information content (AvgIpc) is 3.33. The van der Waals surface area contributed by atoms with Crippen LogP contribution >= 0.6 is 0 Å². The smallest absolute Gasteiger partial charge is 0.434 e. The van der Waals surface area contributed by atoms with Gasteiger partial charge in [0.15, 0.2) is 0 Å². The van der Waals surface area contributed by atoms with Crippen LogP contribution in [0.4, 0.5) is 21.0 Å². The highest BCUT2D eigenvalue weighted by Crippen LogP contribution is 2.38. The summed E-state index contributed by atoms with van der Waals surface area (Å²) in [5.74, 6) is -0.270. The van der Waals surface area contributed by atoms with Crippen LogP contribution in [-0.4, -0.2) is 96.4 Å². The third-order valence-electron chi connectivity index (χ3n) is 11.1. The molecule has 1 aliphatic rings. The van der Waals surface area contributed by atoms with E-state index in [0.717, 1.165) is 26.7 Å². The summed E-state index contributed by atoms with van der Waals surface area (Å²) in [6.45, 7) is 3.75. The number of carbonyl (C=O) groups excluding carboxylic acids is 3. The number of hydrogen-bond acceptors (Lipinski definition) is 8. The number of ether oxygens (including phenoxy) is 1. The number of likely N-dealkylation sites (tertiary alicyclic amines) is 1. The van der Waals surface area contributed by atoms with Crippen molar-refractivity contribution in [1.82, 2.24) is 20.4 Å².